The molecule has 4 aromatic rings. The van der Waals surface area contributed by atoms with Crippen LogP contribution in [0.4, 0.5) is 0 Å². The van der Waals surface area contributed by atoms with Crippen molar-refractivity contribution in [2.45, 2.75) is 19.5 Å². The summed E-state index contributed by atoms with van der Waals surface area (Å²) in [5.41, 5.74) is 4.26. The van der Waals surface area contributed by atoms with E-state index >= 15 is 0 Å². The Morgan fingerprint density at radius 3 is 2.38 bits per heavy atom. The molecule has 0 spiro atoms. The van der Waals surface area contributed by atoms with Crippen molar-refractivity contribution < 1.29 is 0 Å². The molecule has 0 saturated heterocycles. The van der Waals surface area contributed by atoms with Crippen molar-refractivity contribution >= 4 is 11.6 Å². The van der Waals surface area contributed by atoms with Gasteiger partial charge in [-0.3, -0.25) is 4.90 Å². The Kier molecular flexibility index (Phi) is 5.69. The summed E-state index contributed by atoms with van der Waals surface area (Å²) in [5.74, 6) is 0.764. The Bertz CT molecular complexity index is 1090. The normalized spacial score (nSPS) is 12.3. The Balaban J connectivity index is 1.78. The van der Waals surface area contributed by atoms with E-state index in [4.69, 9.17) is 11.6 Å². The first kappa shape index (κ1) is 19.3. The van der Waals surface area contributed by atoms with Crippen molar-refractivity contribution in [2.24, 2.45) is 0 Å². The van der Waals surface area contributed by atoms with E-state index in [9.17, 15) is 0 Å². The minimum atomic E-state index is -0.137. The zero-order chi connectivity index (χ0) is 20.2. The van der Waals surface area contributed by atoms with E-state index in [2.05, 4.69) is 52.6 Å². The molecule has 4 rings (SSSR count). The van der Waals surface area contributed by atoms with Gasteiger partial charge in [-0.25, -0.2) is 0 Å². The third kappa shape index (κ3) is 4.06. The quantitative estimate of drug-likeness (QED) is 0.462. The van der Waals surface area contributed by atoms with Crippen LogP contribution in [0.3, 0.4) is 0 Å². The van der Waals surface area contributed by atoms with Gasteiger partial charge in [-0.2, -0.15) is 4.68 Å². The summed E-state index contributed by atoms with van der Waals surface area (Å²) in [6, 6.07) is 26.2. The van der Waals surface area contributed by atoms with E-state index in [0.717, 1.165) is 33.2 Å². The van der Waals surface area contributed by atoms with Crippen molar-refractivity contribution in [2.75, 3.05) is 7.05 Å². The summed E-state index contributed by atoms with van der Waals surface area (Å²) in [7, 11) is 2.07. The fourth-order valence-electron chi connectivity index (χ4n) is 3.56. The van der Waals surface area contributed by atoms with Gasteiger partial charge in [0, 0.05) is 11.6 Å². The second kappa shape index (κ2) is 8.55. The van der Waals surface area contributed by atoms with Gasteiger partial charge < -0.3 is 0 Å². The Labute approximate surface area is 175 Å². The highest BCUT2D eigenvalue weighted by molar-refractivity contribution is 6.31. The number of hydrogen-bond acceptors (Lipinski definition) is 4. The van der Waals surface area contributed by atoms with E-state index in [-0.39, 0.29) is 6.04 Å². The van der Waals surface area contributed by atoms with Crippen LogP contribution in [0.1, 0.15) is 28.6 Å². The van der Waals surface area contributed by atoms with Crippen LogP contribution in [0.2, 0.25) is 5.02 Å². The van der Waals surface area contributed by atoms with Crippen molar-refractivity contribution in [1.82, 2.24) is 25.1 Å². The van der Waals surface area contributed by atoms with Crippen LogP contribution in [0.15, 0.2) is 78.9 Å². The molecular weight excluding hydrogens is 382 g/mol. The first-order chi connectivity index (χ1) is 14.1. The molecule has 0 aliphatic heterocycles. The molecular formula is C23H22ClN5. The van der Waals surface area contributed by atoms with E-state index in [1.807, 2.05) is 65.3 Å². The van der Waals surface area contributed by atoms with E-state index in [0.29, 0.717) is 6.54 Å². The molecule has 1 aromatic heterocycles. The monoisotopic (exact) mass is 403 g/mol. The van der Waals surface area contributed by atoms with Crippen LogP contribution in [-0.4, -0.2) is 32.2 Å². The maximum Gasteiger partial charge on any atom is 0.178 e. The lowest BCUT2D eigenvalue weighted by Gasteiger charge is -2.28. The van der Waals surface area contributed by atoms with E-state index in [1.165, 1.54) is 0 Å². The predicted octanol–water partition coefficient (Wildman–Crippen LogP) is 4.85. The van der Waals surface area contributed by atoms with Crippen LogP contribution in [0, 0.1) is 6.92 Å². The number of halogens is 1. The van der Waals surface area contributed by atoms with Crippen LogP contribution >= 0.6 is 11.6 Å². The highest BCUT2D eigenvalue weighted by atomic mass is 35.5. The number of benzene rings is 3. The molecule has 1 atom stereocenters. The first-order valence-corrected chi connectivity index (χ1v) is 9.86. The number of tetrazole rings is 1. The summed E-state index contributed by atoms with van der Waals surface area (Å²) in [4.78, 5) is 2.22. The fourth-order valence-corrected chi connectivity index (χ4v) is 3.76. The Morgan fingerprint density at radius 1 is 0.931 bits per heavy atom. The molecule has 0 radical (unpaired) electrons. The van der Waals surface area contributed by atoms with Crippen LogP contribution in [0.25, 0.3) is 5.69 Å². The minimum Gasteiger partial charge on any atom is -0.288 e. The molecule has 0 amide bonds. The first-order valence-electron chi connectivity index (χ1n) is 9.48. The summed E-state index contributed by atoms with van der Waals surface area (Å²) in [6.07, 6.45) is 0. The second-order valence-corrected chi connectivity index (χ2v) is 7.46. The lowest BCUT2D eigenvalue weighted by Crippen LogP contribution is -2.28. The van der Waals surface area contributed by atoms with Gasteiger partial charge in [0.15, 0.2) is 5.82 Å². The number of para-hydroxylation sites is 1. The van der Waals surface area contributed by atoms with Crippen LogP contribution in [-0.2, 0) is 6.54 Å². The van der Waals surface area contributed by atoms with Crippen molar-refractivity contribution in [3.8, 4) is 5.69 Å². The van der Waals surface area contributed by atoms with Gasteiger partial charge in [0.2, 0.25) is 0 Å². The zero-order valence-electron chi connectivity index (χ0n) is 16.4. The molecule has 0 saturated carbocycles. The largest absolute Gasteiger partial charge is 0.288 e. The second-order valence-electron chi connectivity index (χ2n) is 7.06. The molecule has 29 heavy (non-hydrogen) atoms. The smallest absolute Gasteiger partial charge is 0.178 e. The summed E-state index contributed by atoms with van der Waals surface area (Å²) in [5, 5.41) is 13.5. The van der Waals surface area contributed by atoms with Crippen molar-refractivity contribution in [3.63, 3.8) is 0 Å². The summed E-state index contributed by atoms with van der Waals surface area (Å²) < 4.78 is 1.83. The molecule has 0 aliphatic carbocycles. The highest BCUT2D eigenvalue weighted by Gasteiger charge is 2.27. The van der Waals surface area contributed by atoms with E-state index < -0.39 is 0 Å². The molecule has 6 heteroatoms. The average Bonchev–Trinajstić information content (AvgIpc) is 3.20. The van der Waals surface area contributed by atoms with Crippen LogP contribution < -0.4 is 0 Å². The number of aromatic nitrogens is 4. The molecule has 0 N–H and O–H groups in total. The lowest BCUT2D eigenvalue weighted by atomic mass is 10.0. The maximum absolute atomic E-state index is 6.42. The molecule has 0 fully saturated rings. The van der Waals surface area contributed by atoms with Crippen molar-refractivity contribution in [1.29, 1.82) is 0 Å². The molecule has 5 nitrogen and oxygen atoms in total. The van der Waals surface area contributed by atoms with Gasteiger partial charge in [-0.1, -0.05) is 78.3 Å². The van der Waals surface area contributed by atoms with Gasteiger partial charge in [-0.05, 0) is 53.2 Å². The van der Waals surface area contributed by atoms with Gasteiger partial charge in [0.05, 0.1) is 11.7 Å². The molecule has 0 aliphatic rings. The third-order valence-corrected chi connectivity index (χ3v) is 5.38. The lowest BCUT2D eigenvalue weighted by molar-refractivity contribution is 0.258. The molecule has 146 valence electrons. The topological polar surface area (TPSA) is 46.8 Å². The summed E-state index contributed by atoms with van der Waals surface area (Å²) >= 11 is 6.42. The molecule has 1 unspecified atom stereocenters. The summed E-state index contributed by atoms with van der Waals surface area (Å²) in [6.45, 7) is 2.73. The molecule has 3 aromatic carbocycles. The standard InChI is InChI=1S/C23H22ClN5/c1-17-10-6-9-15-21(17)29-23(25-26-27-29)22(18-11-4-3-5-12-18)28(2)16-19-13-7-8-14-20(19)24/h3-15,22H,16H2,1-2H3. The maximum atomic E-state index is 6.42. The molecule has 0 bridgehead atoms. The molecule has 1 heterocycles. The Hall–Kier alpha value is -3.02. The number of rotatable bonds is 6. The van der Waals surface area contributed by atoms with Gasteiger partial charge in [-0.15, -0.1) is 5.10 Å². The average molecular weight is 404 g/mol. The van der Waals surface area contributed by atoms with Crippen LogP contribution in [0.5, 0.6) is 0 Å². The van der Waals surface area contributed by atoms with E-state index in [1.54, 1.807) is 0 Å². The third-order valence-electron chi connectivity index (χ3n) is 5.02. The van der Waals surface area contributed by atoms with Gasteiger partial charge >= 0.3 is 0 Å². The van der Waals surface area contributed by atoms with Crippen molar-refractivity contribution in [3.05, 3.63) is 106 Å². The zero-order valence-corrected chi connectivity index (χ0v) is 17.2. The highest BCUT2D eigenvalue weighted by Crippen LogP contribution is 2.30. The van der Waals surface area contributed by atoms with Gasteiger partial charge in [0.1, 0.15) is 0 Å². The minimum absolute atomic E-state index is 0.137. The SMILES string of the molecule is Cc1ccccc1-n1nnnc1C(c1ccccc1)N(C)Cc1ccccc1Cl. The fraction of sp³-hybridized carbons (Fsp3) is 0.174. The van der Waals surface area contributed by atoms with Gasteiger partial charge in [0.25, 0.3) is 0 Å². The number of nitrogens with zero attached hydrogens (tertiary/aromatic N) is 5. The number of hydrogen-bond donors (Lipinski definition) is 0. The number of aryl methyl sites for hydroxylation is 1. The Morgan fingerprint density at radius 2 is 1.62 bits per heavy atom. The predicted molar refractivity (Wildman–Crippen MR) is 115 cm³/mol.